The number of carbonyl (C=O) groups is 1. The number of hydrogen-bond donors (Lipinski definition) is 1. The summed E-state index contributed by atoms with van der Waals surface area (Å²) < 4.78 is 15.6. The molecule has 17 heavy (non-hydrogen) atoms. The van der Waals surface area contributed by atoms with Crippen molar-refractivity contribution in [1.29, 1.82) is 0 Å². The Labute approximate surface area is 102 Å². The minimum Gasteiger partial charge on any atom is -0.440 e. The van der Waals surface area contributed by atoms with Crippen LogP contribution in [0.1, 0.15) is 27.7 Å². The fourth-order valence-corrected chi connectivity index (χ4v) is 1.38. The Morgan fingerprint density at radius 3 is 2.82 bits per heavy atom. The van der Waals surface area contributed by atoms with Crippen molar-refractivity contribution < 1.29 is 19.0 Å². The Bertz CT molecular complexity index is 293. The third-order valence-electron chi connectivity index (χ3n) is 1.98. The zero-order chi connectivity index (χ0) is 12.9. The summed E-state index contributed by atoms with van der Waals surface area (Å²) in [6.45, 7) is 8.68. The zero-order valence-electron chi connectivity index (χ0n) is 10.9. The molecule has 1 rings (SSSR count). The van der Waals surface area contributed by atoms with Crippen LogP contribution >= 0.6 is 0 Å². The molecule has 5 nitrogen and oxygen atoms in total. The van der Waals surface area contributed by atoms with Crippen LogP contribution in [-0.4, -0.2) is 37.7 Å². The summed E-state index contributed by atoms with van der Waals surface area (Å²) >= 11 is 0. The maximum atomic E-state index is 11.6. The van der Waals surface area contributed by atoms with Crippen molar-refractivity contribution in [3.63, 3.8) is 0 Å². The monoisotopic (exact) mass is 243 g/mol. The maximum Gasteiger partial charge on any atom is 0.408 e. The first-order chi connectivity index (χ1) is 7.87. The molecule has 0 aromatic rings. The topological polar surface area (TPSA) is 56.8 Å². The normalized spacial score (nSPS) is 25.2. The molecule has 0 aromatic heterocycles. The smallest absolute Gasteiger partial charge is 0.408 e. The van der Waals surface area contributed by atoms with E-state index in [9.17, 15) is 4.79 Å². The van der Waals surface area contributed by atoms with Gasteiger partial charge >= 0.3 is 6.09 Å². The molecule has 0 saturated carbocycles. The quantitative estimate of drug-likeness (QED) is 0.714. The van der Waals surface area contributed by atoms with E-state index in [-0.39, 0.29) is 18.4 Å². The summed E-state index contributed by atoms with van der Waals surface area (Å²) in [6, 6.07) is 0. The molecule has 0 saturated heterocycles. The van der Waals surface area contributed by atoms with E-state index >= 15 is 0 Å². The SMILES string of the molecule is C/C1=C\C(OC(=O)NC(C)(C)C)COCOC1. The second kappa shape index (κ2) is 6.02. The van der Waals surface area contributed by atoms with E-state index in [1.54, 1.807) is 0 Å². The highest BCUT2D eigenvalue weighted by molar-refractivity contribution is 5.68. The number of carbonyl (C=O) groups excluding carboxylic acids is 1. The number of nitrogens with one attached hydrogen (secondary N) is 1. The lowest BCUT2D eigenvalue weighted by Crippen LogP contribution is -2.42. The molecule has 0 radical (unpaired) electrons. The Kier molecular flexibility index (Phi) is 4.96. The van der Waals surface area contributed by atoms with Gasteiger partial charge in [-0.15, -0.1) is 0 Å². The molecule has 1 unspecified atom stereocenters. The number of alkyl carbamates (subject to hydrolysis) is 1. The summed E-state index contributed by atoms with van der Waals surface area (Å²) in [5.41, 5.74) is 0.725. The van der Waals surface area contributed by atoms with Crippen LogP contribution in [0.15, 0.2) is 11.6 Å². The van der Waals surface area contributed by atoms with Gasteiger partial charge in [-0.25, -0.2) is 4.79 Å². The summed E-state index contributed by atoms with van der Waals surface area (Å²) in [6.07, 6.45) is 1.05. The highest BCUT2D eigenvalue weighted by atomic mass is 16.7. The zero-order valence-corrected chi connectivity index (χ0v) is 10.9. The summed E-state index contributed by atoms with van der Waals surface area (Å²) in [4.78, 5) is 11.6. The molecule has 1 atom stereocenters. The van der Waals surface area contributed by atoms with Crippen molar-refractivity contribution in [3.8, 4) is 0 Å². The molecular weight excluding hydrogens is 222 g/mol. The molecule has 0 spiro atoms. The average Bonchev–Trinajstić information content (AvgIpc) is 2.10. The third-order valence-corrected chi connectivity index (χ3v) is 1.98. The number of amides is 1. The maximum absolute atomic E-state index is 11.6. The first kappa shape index (κ1) is 14.0. The predicted octanol–water partition coefficient (Wildman–Crippen LogP) is 1.83. The summed E-state index contributed by atoms with van der Waals surface area (Å²) in [5, 5.41) is 2.74. The minimum absolute atomic E-state index is 0.228. The van der Waals surface area contributed by atoms with Gasteiger partial charge in [-0.05, 0) is 39.3 Å². The van der Waals surface area contributed by atoms with Gasteiger partial charge in [-0.2, -0.15) is 0 Å². The lowest BCUT2D eigenvalue weighted by molar-refractivity contribution is -0.0729. The van der Waals surface area contributed by atoms with Crippen molar-refractivity contribution in [1.82, 2.24) is 5.32 Å². The molecule has 1 heterocycles. The van der Waals surface area contributed by atoms with Crippen molar-refractivity contribution in [2.45, 2.75) is 39.3 Å². The Morgan fingerprint density at radius 1 is 1.47 bits per heavy atom. The van der Waals surface area contributed by atoms with Crippen LogP contribution in [0.25, 0.3) is 0 Å². The first-order valence-electron chi connectivity index (χ1n) is 5.68. The molecule has 1 aliphatic heterocycles. The van der Waals surface area contributed by atoms with Crippen molar-refractivity contribution in [2.75, 3.05) is 20.0 Å². The molecule has 5 heteroatoms. The van der Waals surface area contributed by atoms with Gasteiger partial charge in [-0.3, -0.25) is 0 Å². The van der Waals surface area contributed by atoms with Gasteiger partial charge in [-0.1, -0.05) is 0 Å². The van der Waals surface area contributed by atoms with Gasteiger partial charge in [0.05, 0.1) is 13.2 Å². The van der Waals surface area contributed by atoms with E-state index in [2.05, 4.69) is 5.32 Å². The van der Waals surface area contributed by atoms with Gasteiger partial charge in [0.25, 0.3) is 0 Å². The fraction of sp³-hybridized carbons (Fsp3) is 0.750. The van der Waals surface area contributed by atoms with E-state index in [1.165, 1.54) is 0 Å². The largest absolute Gasteiger partial charge is 0.440 e. The van der Waals surface area contributed by atoms with Gasteiger partial charge in [0.1, 0.15) is 12.9 Å². The third kappa shape index (κ3) is 6.28. The van der Waals surface area contributed by atoms with Crippen LogP contribution in [0, 0.1) is 0 Å². The van der Waals surface area contributed by atoms with E-state index < -0.39 is 6.09 Å². The highest BCUT2D eigenvalue weighted by Crippen LogP contribution is 2.07. The minimum atomic E-state index is -0.434. The van der Waals surface area contributed by atoms with Crippen LogP contribution in [-0.2, 0) is 14.2 Å². The van der Waals surface area contributed by atoms with Gasteiger partial charge < -0.3 is 19.5 Å². The fourth-order valence-electron chi connectivity index (χ4n) is 1.38. The van der Waals surface area contributed by atoms with E-state index in [0.29, 0.717) is 13.2 Å². The summed E-state index contributed by atoms with van der Waals surface area (Å²) in [5.74, 6) is 0. The number of rotatable bonds is 1. The van der Waals surface area contributed by atoms with Crippen molar-refractivity contribution >= 4 is 6.09 Å². The van der Waals surface area contributed by atoms with Crippen LogP contribution in [0.3, 0.4) is 0 Å². The molecule has 1 amide bonds. The Balaban J connectivity index is 2.50. The van der Waals surface area contributed by atoms with Gasteiger partial charge in [0.15, 0.2) is 0 Å². The lowest BCUT2D eigenvalue weighted by Gasteiger charge is -2.23. The predicted molar refractivity (Wildman–Crippen MR) is 63.7 cm³/mol. The van der Waals surface area contributed by atoms with Crippen LogP contribution < -0.4 is 5.32 Å². The Morgan fingerprint density at radius 2 is 2.18 bits per heavy atom. The van der Waals surface area contributed by atoms with Crippen LogP contribution in [0.4, 0.5) is 4.79 Å². The highest BCUT2D eigenvalue weighted by Gasteiger charge is 2.19. The van der Waals surface area contributed by atoms with Crippen LogP contribution in [0.2, 0.25) is 0 Å². The molecule has 0 fully saturated rings. The van der Waals surface area contributed by atoms with Crippen molar-refractivity contribution in [2.24, 2.45) is 0 Å². The molecule has 0 aromatic carbocycles. The Hall–Kier alpha value is -1.07. The number of ether oxygens (including phenoxy) is 3. The number of hydrogen-bond acceptors (Lipinski definition) is 4. The second-order valence-electron chi connectivity index (χ2n) is 5.17. The molecule has 1 N–H and O–H groups in total. The van der Waals surface area contributed by atoms with E-state index in [4.69, 9.17) is 14.2 Å². The molecule has 0 bridgehead atoms. The molecule has 98 valence electrons. The van der Waals surface area contributed by atoms with Crippen LogP contribution in [0.5, 0.6) is 0 Å². The van der Waals surface area contributed by atoms with Crippen molar-refractivity contribution in [3.05, 3.63) is 11.6 Å². The molecular formula is C12H21NO4. The van der Waals surface area contributed by atoms with E-state index in [0.717, 1.165) is 5.57 Å². The van der Waals surface area contributed by atoms with Gasteiger partial charge in [0, 0.05) is 5.54 Å². The second-order valence-corrected chi connectivity index (χ2v) is 5.17. The molecule has 1 aliphatic rings. The molecule has 0 aliphatic carbocycles. The average molecular weight is 243 g/mol. The summed E-state index contributed by atoms with van der Waals surface area (Å²) in [7, 11) is 0. The lowest BCUT2D eigenvalue weighted by atomic mass is 10.1. The standard InChI is InChI=1S/C12H21NO4/c1-9-5-10(7-16-8-15-6-9)17-11(14)13-12(2,3)4/h5,10H,6-8H2,1-4H3,(H,13,14)/b9-5+. The first-order valence-corrected chi connectivity index (χ1v) is 5.68. The van der Waals surface area contributed by atoms with Gasteiger partial charge in [0.2, 0.25) is 0 Å². The van der Waals surface area contributed by atoms with E-state index in [1.807, 2.05) is 33.8 Å².